The molecule has 5 rings (SSSR count). The summed E-state index contributed by atoms with van der Waals surface area (Å²) in [5.41, 5.74) is 6.21. The number of nitrogens with zero attached hydrogens (tertiary/aromatic N) is 4. The number of hydrogen-bond acceptors (Lipinski definition) is 1. The second-order valence-corrected chi connectivity index (χ2v) is 4.97. The van der Waals surface area contributed by atoms with E-state index in [9.17, 15) is 0 Å². The van der Waals surface area contributed by atoms with Crippen LogP contribution in [-0.2, 0) is 6.54 Å². The molecular formula is C15H11N4+. The molecule has 0 saturated heterocycles. The number of hydrogen-bond donors (Lipinski definition) is 0. The zero-order valence-electron chi connectivity index (χ0n) is 10.2. The van der Waals surface area contributed by atoms with Crippen LogP contribution in [0.5, 0.6) is 0 Å². The fourth-order valence-corrected chi connectivity index (χ4v) is 3.09. The lowest BCUT2D eigenvalue weighted by Crippen LogP contribution is -2.15. The molecule has 4 nitrogen and oxygen atoms in total. The highest BCUT2D eigenvalue weighted by Gasteiger charge is 2.30. The molecule has 0 N–H and O–H groups in total. The zero-order valence-corrected chi connectivity index (χ0v) is 10.2. The quantitative estimate of drug-likeness (QED) is 0.384. The monoisotopic (exact) mass is 247 g/mol. The molecule has 0 fully saturated rings. The van der Waals surface area contributed by atoms with Gasteiger partial charge in [-0.2, -0.15) is 0 Å². The van der Waals surface area contributed by atoms with E-state index in [1.54, 1.807) is 0 Å². The molecule has 0 amide bonds. The Morgan fingerprint density at radius 1 is 1.11 bits per heavy atom. The Balaban J connectivity index is 2.00. The predicted octanol–water partition coefficient (Wildman–Crippen LogP) is 1.90. The Bertz CT molecular complexity index is 945. The van der Waals surface area contributed by atoms with E-state index in [0.717, 1.165) is 17.7 Å². The van der Waals surface area contributed by atoms with Gasteiger partial charge in [0.15, 0.2) is 17.5 Å². The summed E-state index contributed by atoms with van der Waals surface area (Å²) in [6, 6.07) is 12.6. The van der Waals surface area contributed by atoms with E-state index >= 15 is 0 Å². The minimum atomic E-state index is 0.947. The van der Waals surface area contributed by atoms with Gasteiger partial charge in [0.25, 0.3) is 5.65 Å². The SMILES string of the molecule is c1ccc2c(c1)Cn1c[n+]3cc4cccnn4c3c1-2. The van der Waals surface area contributed by atoms with Crippen LogP contribution in [0.2, 0.25) is 0 Å². The van der Waals surface area contributed by atoms with Crippen LogP contribution >= 0.6 is 0 Å². The molecule has 19 heavy (non-hydrogen) atoms. The highest BCUT2D eigenvalue weighted by atomic mass is 15.3. The molecule has 4 aromatic rings. The summed E-state index contributed by atoms with van der Waals surface area (Å²) < 4.78 is 6.46. The molecule has 0 bridgehead atoms. The fraction of sp³-hybridized carbons (Fsp3) is 0.0667. The van der Waals surface area contributed by atoms with Gasteiger partial charge in [-0.25, -0.2) is 4.40 Å². The van der Waals surface area contributed by atoms with Crippen molar-refractivity contribution in [3.8, 4) is 11.3 Å². The van der Waals surface area contributed by atoms with Gasteiger partial charge < -0.3 is 0 Å². The van der Waals surface area contributed by atoms with E-state index in [1.165, 1.54) is 16.8 Å². The Morgan fingerprint density at radius 2 is 2.05 bits per heavy atom. The Morgan fingerprint density at radius 3 is 3.05 bits per heavy atom. The average molecular weight is 247 g/mol. The van der Waals surface area contributed by atoms with Gasteiger partial charge in [-0.15, -0.1) is 9.61 Å². The lowest BCUT2D eigenvalue weighted by atomic mass is 10.1. The van der Waals surface area contributed by atoms with Gasteiger partial charge in [0.05, 0.1) is 12.7 Å². The van der Waals surface area contributed by atoms with Crippen LogP contribution in [0.15, 0.2) is 55.1 Å². The van der Waals surface area contributed by atoms with Crippen LogP contribution in [0, 0.1) is 0 Å². The molecule has 4 heteroatoms. The van der Waals surface area contributed by atoms with Crippen LogP contribution in [0.3, 0.4) is 0 Å². The van der Waals surface area contributed by atoms with Crippen molar-refractivity contribution < 1.29 is 4.40 Å². The van der Waals surface area contributed by atoms with Crippen molar-refractivity contribution in [1.82, 2.24) is 14.2 Å². The summed E-state index contributed by atoms with van der Waals surface area (Å²) >= 11 is 0. The van der Waals surface area contributed by atoms with Crippen molar-refractivity contribution in [2.75, 3.05) is 0 Å². The van der Waals surface area contributed by atoms with Crippen LogP contribution in [-0.4, -0.2) is 14.2 Å². The third-order valence-electron chi connectivity index (χ3n) is 3.87. The molecule has 1 aromatic carbocycles. The average Bonchev–Trinajstić information content (AvgIpc) is 3.04. The molecule has 1 aliphatic heterocycles. The normalized spacial score (nSPS) is 13.1. The number of rotatable bonds is 0. The van der Waals surface area contributed by atoms with E-state index in [0.29, 0.717) is 0 Å². The number of fused-ring (bicyclic) bond motifs is 7. The first-order valence-electron chi connectivity index (χ1n) is 6.37. The summed E-state index contributed by atoms with van der Waals surface area (Å²) in [4.78, 5) is 0. The minimum absolute atomic E-state index is 0.947. The lowest BCUT2D eigenvalue weighted by molar-refractivity contribution is -0.510. The maximum Gasteiger partial charge on any atom is 0.297 e. The highest BCUT2D eigenvalue weighted by molar-refractivity contribution is 5.79. The van der Waals surface area contributed by atoms with E-state index in [2.05, 4.69) is 56.9 Å². The van der Waals surface area contributed by atoms with Gasteiger partial charge in [-0.05, 0) is 17.7 Å². The molecule has 1 aliphatic rings. The number of benzene rings is 1. The minimum Gasteiger partial charge on any atom is -0.255 e. The van der Waals surface area contributed by atoms with Gasteiger partial charge >= 0.3 is 0 Å². The smallest absolute Gasteiger partial charge is 0.255 e. The van der Waals surface area contributed by atoms with Crippen LogP contribution in [0.1, 0.15) is 5.56 Å². The topological polar surface area (TPSA) is 26.3 Å². The van der Waals surface area contributed by atoms with Gasteiger partial charge in [-0.3, -0.25) is 4.57 Å². The molecule has 3 aromatic heterocycles. The van der Waals surface area contributed by atoms with Crippen molar-refractivity contribution in [1.29, 1.82) is 0 Å². The predicted molar refractivity (Wildman–Crippen MR) is 70.9 cm³/mol. The summed E-state index contributed by atoms with van der Waals surface area (Å²) in [6.45, 7) is 0.947. The maximum atomic E-state index is 4.47. The van der Waals surface area contributed by atoms with Gasteiger partial charge in [-0.1, -0.05) is 24.3 Å². The van der Waals surface area contributed by atoms with Crippen LogP contribution in [0.4, 0.5) is 0 Å². The van der Waals surface area contributed by atoms with Crippen molar-refractivity contribution in [2.45, 2.75) is 6.54 Å². The van der Waals surface area contributed by atoms with Crippen molar-refractivity contribution in [3.05, 3.63) is 60.7 Å². The van der Waals surface area contributed by atoms with Crippen LogP contribution in [0.25, 0.3) is 22.4 Å². The second-order valence-electron chi connectivity index (χ2n) is 4.97. The van der Waals surface area contributed by atoms with Crippen molar-refractivity contribution in [2.24, 2.45) is 0 Å². The molecule has 0 spiro atoms. The Kier molecular flexibility index (Phi) is 1.49. The Labute approximate surface area is 109 Å². The molecule has 0 aliphatic carbocycles. The zero-order chi connectivity index (χ0) is 12.4. The maximum absolute atomic E-state index is 4.47. The fourth-order valence-electron chi connectivity index (χ4n) is 3.09. The standard InChI is InChI=1S/C15H11N4/c1-2-6-13-11(4-1)8-17-10-18-9-12-5-3-7-16-19(12)15(18)14(13)17/h1-7,9-10H,8H2/q+1. The largest absolute Gasteiger partial charge is 0.297 e. The molecule has 0 unspecified atom stereocenters. The van der Waals surface area contributed by atoms with Crippen LogP contribution < -0.4 is 4.40 Å². The third-order valence-corrected chi connectivity index (χ3v) is 3.87. The first-order chi connectivity index (χ1) is 9.42. The van der Waals surface area contributed by atoms with E-state index in [4.69, 9.17) is 0 Å². The van der Waals surface area contributed by atoms with E-state index in [1.807, 2.05) is 16.8 Å². The van der Waals surface area contributed by atoms with Crippen molar-refractivity contribution >= 4 is 11.2 Å². The van der Waals surface area contributed by atoms with Gasteiger partial charge in [0.2, 0.25) is 0 Å². The highest BCUT2D eigenvalue weighted by Crippen LogP contribution is 2.33. The number of aromatic nitrogens is 4. The van der Waals surface area contributed by atoms with Gasteiger partial charge in [0.1, 0.15) is 6.20 Å². The molecule has 0 radical (unpaired) electrons. The molecule has 0 atom stereocenters. The lowest BCUT2D eigenvalue weighted by Gasteiger charge is -1.93. The summed E-state index contributed by atoms with van der Waals surface area (Å²) in [5.74, 6) is 0. The second kappa shape index (κ2) is 3.03. The summed E-state index contributed by atoms with van der Waals surface area (Å²) in [6.07, 6.45) is 6.10. The summed E-state index contributed by atoms with van der Waals surface area (Å²) in [7, 11) is 0. The number of imidazole rings is 2. The van der Waals surface area contributed by atoms with E-state index < -0.39 is 0 Å². The van der Waals surface area contributed by atoms with E-state index in [-0.39, 0.29) is 0 Å². The molecule has 4 heterocycles. The van der Waals surface area contributed by atoms with Crippen molar-refractivity contribution in [3.63, 3.8) is 0 Å². The van der Waals surface area contributed by atoms with Gasteiger partial charge in [0, 0.05) is 5.56 Å². The molecule has 0 saturated carbocycles. The molecular weight excluding hydrogens is 236 g/mol. The third kappa shape index (κ3) is 1.04. The molecule has 90 valence electrons. The summed E-state index contributed by atoms with van der Waals surface area (Å²) in [5, 5.41) is 4.47. The first-order valence-corrected chi connectivity index (χ1v) is 6.37. The Hall–Kier alpha value is -2.62. The first kappa shape index (κ1) is 9.33.